The van der Waals surface area contributed by atoms with Gasteiger partial charge in [-0.25, -0.2) is 9.78 Å². The van der Waals surface area contributed by atoms with Gasteiger partial charge in [-0.15, -0.1) is 0 Å². The number of aromatic nitrogens is 3. The van der Waals surface area contributed by atoms with E-state index in [0.717, 1.165) is 16.5 Å². The number of carbonyl (C=O) groups is 4. The van der Waals surface area contributed by atoms with Crippen molar-refractivity contribution in [3.8, 4) is 0 Å². The van der Waals surface area contributed by atoms with E-state index in [1.807, 2.05) is 58.2 Å². The first kappa shape index (κ1) is 31.3. The van der Waals surface area contributed by atoms with Gasteiger partial charge in [-0.3, -0.25) is 14.4 Å². The zero-order valence-electron chi connectivity index (χ0n) is 23.9. The monoisotopic (exact) mass is 567 g/mol. The van der Waals surface area contributed by atoms with Crippen LogP contribution in [0, 0.1) is 11.8 Å². The summed E-state index contributed by atoms with van der Waals surface area (Å²) < 4.78 is 0. The normalized spacial score (nSPS) is 14.4. The Morgan fingerprint density at radius 2 is 1.46 bits per heavy atom. The number of rotatable bonds is 15. The number of aliphatic carboxylic acids is 1. The SMILES string of the molecule is CC(C)CC(NC(=O)C(CC(C)C)NC(=O)C(Cc1cnc[nH]1)NC(=O)C(N)Cc1c[nH]c2ccccc12)C(=O)O. The second kappa shape index (κ2) is 14.4. The average Bonchev–Trinajstić information content (AvgIpc) is 3.57. The summed E-state index contributed by atoms with van der Waals surface area (Å²) >= 11 is 0. The molecule has 0 aliphatic carbocycles. The highest BCUT2D eigenvalue weighted by molar-refractivity contribution is 5.94. The fourth-order valence-corrected chi connectivity index (χ4v) is 4.67. The molecule has 41 heavy (non-hydrogen) atoms. The zero-order chi connectivity index (χ0) is 30.1. The summed E-state index contributed by atoms with van der Waals surface area (Å²) in [4.78, 5) is 61.6. The Kier molecular flexibility index (Phi) is 11.0. The van der Waals surface area contributed by atoms with Gasteiger partial charge in [0.1, 0.15) is 18.1 Å². The Hall–Kier alpha value is -4.19. The van der Waals surface area contributed by atoms with Gasteiger partial charge < -0.3 is 36.8 Å². The van der Waals surface area contributed by atoms with Crippen LogP contribution in [0.4, 0.5) is 0 Å². The summed E-state index contributed by atoms with van der Waals surface area (Å²) in [5.41, 5.74) is 8.67. The molecule has 1 aromatic carbocycles. The van der Waals surface area contributed by atoms with Crippen LogP contribution in [0.1, 0.15) is 51.8 Å². The largest absolute Gasteiger partial charge is 0.480 e. The molecule has 222 valence electrons. The minimum absolute atomic E-state index is 0.0182. The van der Waals surface area contributed by atoms with Crippen molar-refractivity contribution in [2.75, 3.05) is 0 Å². The van der Waals surface area contributed by atoms with Crippen molar-refractivity contribution in [2.24, 2.45) is 17.6 Å². The van der Waals surface area contributed by atoms with E-state index in [1.54, 1.807) is 6.20 Å². The molecule has 3 aromatic rings. The predicted molar refractivity (Wildman–Crippen MR) is 155 cm³/mol. The van der Waals surface area contributed by atoms with Gasteiger partial charge >= 0.3 is 5.97 Å². The molecule has 0 bridgehead atoms. The number of imidazole rings is 1. The third-order valence-electron chi connectivity index (χ3n) is 6.73. The summed E-state index contributed by atoms with van der Waals surface area (Å²) in [5.74, 6) is -2.80. The van der Waals surface area contributed by atoms with Crippen LogP contribution in [0.5, 0.6) is 0 Å². The standard InChI is InChI=1S/C29H41N7O5/c1-16(2)9-23(27(38)36-25(29(40)41)10-17(3)4)35-28(39)24(12-19-14-31-15-33-19)34-26(37)21(30)11-18-13-32-22-8-6-5-7-20(18)22/h5-8,13-17,21,23-25,32H,9-12,30H2,1-4H3,(H,31,33)(H,34,37)(H,35,39)(H,36,38)(H,40,41). The third kappa shape index (κ3) is 9.17. The predicted octanol–water partition coefficient (Wildman–Crippen LogP) is 1.63. The van der Waals surface area contributed by atoms with Crippen LogP contribution in [-0.2, 0) is 32.0 Å². The number of carbonyl (C=O) groups excluding carboxylic acids is 3. The second-order valence-corrected chi connectivity index (χ2v) is 11.2. The topological polar surface area (TPSA) is 195 Å². The van der Waals surface area contributed by atoms with Crippen molar-refractivity contribution in [1.29, 1.82) is 0 Å². The maximum Gasteiger partial charge on any atom is 0.326 e. The van der Waals surface area contributed by atoms with E-state index < -0.39 is 47.9 Å². The van der Waals surface area contributed by atoms with Crippen molar-refractivity contribution in [3.63, 3.8) is 0 Å². The van der Waals surface area contributed by atoms with Crippen LogP contribution in [0.2, 0.25) is 0 Å². The maximum atomic E-state index is 13.5. The number of fused-ring (bicyclic) bond motifs is 1. The van der Waals surface area contributed by atoms with Gasteiger partial charge in [0.15, 0.2) is 0 Å². The van der Waals surface area contributed by atoms with E-state index in [-0.39, 0.29) is 37.5 Å². The molecule has 0 radical (unpaired) electrons. The fourth-order valence-electron chi connectivity index (χ4n) is 4.67. The van der Waals surface area contributed by atoms with Gasteiger partial charge in [-0.1, -0.05) is 45.9 Å². The van der Waals surface area contributed by atoms with Gasteiger partial charge in [0, 0.05) is 35.4 Å². The second-order valence-electron chi connectivity index (χ2n) is 11.2. The number of amides is 3. The Balaban J connectivity index is 1.74. The number of nitrogens with zero attached hydrogens (tertiary/aromatic N) is 1. The van der Waals surface area contributed by atoms with E-state index >= 15 is 0 Å². The number of carboxylic acid groups (broad SMARTS) is 1. The van der Waals surface area contributed by atoms with Crippen molar-refractivity contribution < 1.29 is 24.3 Å². The first-order chi connectivity index (χ1) is 19.4. The van der Waals surface area contributed by atoms with Gasteiger partial charge in [-0.05, 0) is 42.7 Å². The Bertz CT molecular complexity index is 1320. The number of carboxylic acids is 1. The molecule has 4 unspecified atom stereocenters. The molecule has 3 amide bonds. The van der Waals surface area contributed by atoms with Crippen molar-refractivity contribution >= 4 is 34.6 Å². The highest BCUT2D eigenvalue weighted by atomic mass is 16.4. The lowest BCUT2D eigenvalue weighted by atomic mass is 10.00. The van der Waals surface area contributed by atoms with E-state index in [1.165, 1.54) is 6.33 Å². The van der Waals surface area contributed by atoms with Gasteiger partial charge in [0.2, 0.25) is 17.7 Å². The molecular weight excluding hydrogens is 526 g/mol. The van der Waals surface area contributed by atoms with Crippen LogP contribution in [0.15, 0.2) is 43.0 Å². The molecule has 0 aliphatic heterocycles. The number of H-pyrrole nitrogens is 2. The number of nitrogens with two attached hydrogens (primary N) is 1. The van der Waals surface area contributed by atoms with Crippen LogP contribution in [0.3, 0.4) is 0 Å². The molecule has 2 aromatic heterocycles. The third-order valence-corrected chi connectivity index (χ3v) is 6.73. The number of para-hydroxylation sites is 1. The highest BCUT2D eigenvalue weighted by Crippen LogP contribution is 2.19. The van der Waals surface area contributed by atoms with Crippen molar-refractivity contribution in [2.45, 2.75) is 77.5 Å². The summed E-state index contributed by atoms with van der Waals surface area (Å²) in [6, 6.07) is 3.60. The van der Waals surface area contributed by atoms with Crippen molar-refractivity contribution in [3.05, 3.63) is 54.2 Å². The Labute approximate surface area is 239 Å². The molecule has 0 saturated carbocycles. The van der Waals surface area contributed by atoms with E-state index in [9.17, 15) is 24.3 Å². The summed E-state index contributed by atoms with van der Waals surface area (Å²) in [5, 5.41) is 18.6. The fraction of sp³-hybridized carbons (Fsp3) is 0.483. The lowest BCUT2D eigenvalue weighted by Crippen LogP contribution is -2.58. The number of nitrogens with one attached hydrogen (secondary N) is 5. The van der Waals surface area contributed by atoms with Crippen LogP contribution in [-0.4, -0.2) is 67.9 Å². The molecule has 4 atom stereocenters. The number of hydrogen-bond donors (Lipinski definition) is 7. The summed E-state index contributed by atoms with van der Waals surface area (Å²) in [6.45, 7) is 7.51. The molecule has 0 fully saturated rings. The molecular formula is C29H41N7O5. The smallest absolute Gasteiger partial charge is 0.326 e. The molecule has 12 heteroatoms. The molecule has 0 aliphatic rings. The quantitative estimate of drug-likeness (QED) is 0.145. The first-order valence-electron chi connectivity index (χ1n) is 13.9. The Morgan fingerprint density at radius 1 is 0.854 bits per heavy atom. The molecule has 2 heterocycles. The Morgan fingerprint density at radius 3 is 2.10 bits per heavy atom. The molecule has 0 spiro atoms. The van der Waals surface area contributed by atoms with E-state index in [2.05, 4.69) is 30.9 Å². The number of aromatic amines is 2. The van der Waals surface area contributed by atoms with Crippen LogP contribution in [0.25, 0.3) is 10.9 Å². The summed E-state index contributed by atoms with van der Waals surface area (Å²) in [6.07, 6.45) is 5.67. The van der Waals surface area contributed by atoms with E-state index in [4.69, 9.17) is 5.73 Å². The lowest BCUT2D eigenvalue weighted by molar-refractivity contribution is -0.143. The first-order valence-corrected chi connectivity index (χ1v) is 13.9. The van der Waals surface area contributed by atoms with Gasteiger partial charge in [-0.2, -0.15) is 0 Å². The van der Waals surface area contributed by atoms with Gasteiger partial charge in [0.05, 0.1) is 12.4 Å². The average molecular weight is 568 g/mol. The molecule has 8 N–H and O–H groups in total. The minimum atomic E-state index is -1.14. The van der Waals surface area contributed by atoms with Crippen LogP contribution < -0.4 is 21.7 Å². The minimum Gasteiger partial charge on any atom is -0.480 e. The molecule has 3 rings (SSSR count). The zero-order valence-corrected chi connectivity index (χ0v) is 23.9. The lowest BCUT2D eigenvalue weighted by Gasteiger charge is -2.26. The molecule has 12 nitrogen and oxygen atoms in total. The van der Waals surface area contributed by atoms with Gasteiger partial charge in [0.25, 0.3) is 0 Å². The maximum absolute atomic E-state index is 13.5. The molecule has 0 saturated heterocycles. The number of benzene rings is 1. The number of hydrogen-bond acceptors (Lipinski definition) is 6. The van der Waals surface area contributed by atoms with E-state index in [0.29, 0.717) is 5.69 Å². The van der Waals surface area contributed by atoms with Crippen molar-refractivity contribution in [1.82, 2.24) is 30.9 Å². The van der Waals surface area contributed by atoms with Crippen LogP contribution >= 0.6 is 0 Å². The highest BCUT2D eigenvalue weighted by Gasteiger charge is 2.31. The summed E-state index contributed by atoms with van der Waals surface area (Å²) in [7, 11) is 0.